The lowest BCUT2D eigenvalue weighted by atomic mass is 9.82. The third-order valence-corrected chi connectivity index (χ3v) is 6.06. The first-order valence-corrected chi connectivity index (χ1v) is 10.5. The smallest absolute Gasteiger partial charge is 0.181 e. The molecule has 1 spiro atoms. The van der Waals surface area contributed by atoms with Crippen LogP contribution < -0.4 is 4.74 Å². The standard InChI is InChI=1S/C25H27NO4/c27-18-21(28)8-6-20-7-9-24-22(16-20)23(29)17-25(30-24)11-14-26(15-12-25)13-10-19-4-2-1-3-5-19/h1-9,16,27H,10-15,17-18H2/b8-6+. The van der Waals surface area contributed by atoms with Gasteiger partial charge < -0.3 is 14.7 Å². The molecule has 0 bridgehead atoms. The molecule has 2 aromatic rings. The molecule has 0 radical (unpaired) electrons. The van der Waals surface area contributed by atoms with Crippen LogP contribution in [0.1, 0.15) is 40.7 Å². The van der Waals surface area contributed by atoms with Gasteiger partial charge in [0.15, 0.2) is 11.6 Å². The van der Waals surface area contributed by atoms with Gasteiger partial charge in [-0.05, 0) is 35.8 Å². The first-order chi connectivity index (χ1) is 14.6. The highest BCUT2D eigenvalue weighted by Gasteiger charge is 2.42. The van der Waals surface area contributed by atoms with Crippen molar-refractivity contribution in [2.24, 2.45) is 0 Å². The van der Waals surface area contributed by atoms with E-state index >= 15 is 0 Å². The monoisotopic (exact) mass is 405 g/mol. The van der Waals surface area contributed by atoms with E-state index in [4.69, 9.17) is 9.84 Å². The van der Waals surface area contributed by atoms with Crippen LogP contribution in [0.5, 0.6) is 5.75 Å². The summed E-state index contributed by atoms with van der Waals surface area (Å²) in [5.74, 6) is 0.362. The van der Waals surface area contributed by atoms with E-state index in [9.17, 15) is 9.59 Å². The van der Waals surface area contributed by atoms with Crippen LogP contribution in [0.15, 0.2) is 54.6 Å². The van der Waals surface area contributed by atoms with E-state index in [1.54, 1.807) is 12.1 Å². The second kappa shape index (κ2) is 8.94. The summed E-state index contributed by atoms with van der Waals surface area (Å²) in [6.07, 6.45) is 6.06. The second-order valence-corrected chi connectivity index (χ2v) is 8.18. The topological polar surface area (TPSA) is 66.8 Å². The lowest BCUT2D eigenvalue weighted by Crippen LogP contribution is -2.51. The number of ketones is 2. The number of likely N-dealkylation sites (tertiary alicyclic amines) is 1. The zero-order chi connectivity index (χ0) is 21.0. The highest BCUT2D eigenvalue weighted by Crippen LogP contribution is 2.39. The van der Waals surface area contributed by atoms with Crippen LogP contribution in [0.3, 0.4) is 0 Å². The summed E-state index contributed by atoms with van der Waals surface area (Å²) < 4.78 is 6.37. The van der Waals surface area contributed by atoms with E-state index in [-0.39, 0.29) is 11.6 Å². The third-order valence-electron chi connectivity index (χ3n) is 6.06. The van der Waals surface area contributed by atoms with Crippen LogP contribution >= 0.6 is 0 Å². The Hall–Kier alpha value is -2.76. The molecule has 4 rings (SSSR count). The molecule has 1 saturated heterocycles. The fourth-order valence-corrected chi connectivity index (χ4v) is 4.25. The molecule has 2 aliphatic rings. The van der Waals surface area contributed by atoms with Gasteiger partial charge in [0.05, 0.1) is 12.0 Å². The molecular weight excluding hydrogens is 378 g/mol. The molecule has 1 fully saturated rings. The van der Waals surface area contributed by atoms with Gasteiger partial charge in [-0.3, -0.25) is 9.59 Å². The highest BCUT2D eigenvalue weighted by molar-refractivity contribution is 6.01. The van der Waals surface area contributed by atoms with Gasteiger partial charge in [0.1, 0.15) is 18.0 Å². The number of carbonyl (C=O) groups is 2. The summed E-state index contributed by atoms with van der Waals surface area (Å²) in [6.45, 7) is 2.36. The van der Waals surface area contributed by atoms with E-state index in [1.165, 1.54) is 11.6 Å². The molecule has 0 aromatic heterocycles. The highest BCUT2D eigenvalue weighted by atomic mass is 16.5. The number of aliphatic hydroxyl groups is 1. The van der Waals surface area contributed by atoms with Crippen LogP contribution in [-0.4, -0.2) is 53.4 Å². The largest absolute Gasteiger partial charge is 0.486 e. The number of Topliss-reactive ketones (excluding diaryl/α,β-unsaturated/α-hetero) is 1. The number of aliphatic hydroxyl groups excluding tert-OH is 1. The van der Waals surface area contributed by atoms with Crippen molar-refractivity contribution in [1.82, 2.24) is 4.90 Å². The number of hydrogen-bond donors (Lipinski definition) is 1. The van der Waals surface area contributed by atoms with Gasteiger partial charge in [-0.1, -0.05) is 42.5 Å². The Labute approximate surface area is 177 Å². The average molecular weight is 405 g/mol. The number of hydrogen-bond acceptors (Lipinski definition) is 5. The number of nitrogens with zero attached hydrogens (tertiary/aromatic N) is 1. The van der Waals surface area contributed by atoms with Gasteiger partial charge in [0.25, 0.3) is 0 Å². The number of benzene rings is 2. The zero-order valence-corrected chi connectivity index (χ0v) is 17.0. The second-order valence-electron chi connectivity index (χ2n) is 8.18. The Morgan fingerprint density at radius 1 is 1.13 bits per heavy atom. The summed E-state index contributed by atoms with van der Waals surface area (Å²) in [7, 11) is 0. The Morgan fingerprint density at radius 3 is 2.63 bits per heavy atom. The minimum absolute atomic E-state index is 0.0951. The summed E-state index contributed by atoms with van der Waals surface area (Å²) in [5, 5.41) is 8.82. The quantitative estimate of drug-likeness (QED) is 0.747. The predicted octanol–water partition coefficient (Wildman–Crippen LogP) is 3.30. The Bertz CT molecular complexity index is 943. The van der Waals surface area contributed by atoms with Crippen molar-refractivity contribution in [2.75, 3.05) is 26.2 Å². The molecule has 5 nitrogen and oxygen atoms in total. The van der Waals surface area contributed by atoms with Gasteiger partial charge >= 0.3 is 0 Å². The van der Waals surface area contributed by atoms with E-state index in [0.29, 0.717) is 17.7 Å². The van der Waals surface area contributed by atoms with E-state index in [2.05, 4.69) is 29.2 Å². The van der Waals surface area contributed by atoms with E-state index < -0.39 is 12.2 Å². The van der Waals surface area contributed by atoms with Crippen molar-refractivity contribution >= 4 is 17.6 Å². The maximum absolute atomic E-state index is 12.9. The summed E-state index contributed by atoms with van der Waals surface area (Å²) in [6, 6.07) is 15.9. The molecule has 5 heteroatoms. The molecule has 0 amide bonds. The molecule has 30 heavy (non-hydrogen) atoms. The van der Waals surface area contributed by atoms with Crippen molar-refractivity contribution in [1.29, 1.82) is 0 Å². The fourth-order valence-electron chi connectivity index (χ4n) is 4.25. The van der Waals surface area contributed by atoms with Gasteiger partial charge in [-0.15, -0.1) is 0 Å². The maximum atomic E-state index is 12.9. The zero-order valence-electron chi connectivity index (χ0n) is 17.0. The molecule has 0 unspecified atom stereocenters. The van der Waals surface area contributed by atoms with Gasteiger partial charge in [0, 0.05) is 32.5 Å². The summed E-state index contributed by atoms with van der Waals surface area (Å²) in [5.41, 5.74) is 2.27. The molecule has 156 valence electrons. The Morgan fingerprint density at radius 2 is 1.90 bits per heavy atom. The molecule has 0 saturated carbocycles. The minimum Gasteiger partial charge on any atom is -0.486 e. The van der Waals surface area contributed by atoms with Crippen molar-refractivity contribution in [3.05, 3.63) is 71.3 Å². The minimum atomic E-state index is -0.519. The normalized spacial score (nSPS) is 18.4. The number of piperidine rings is 1. The summed E-state index contributed by atoms with van der Waals surface area (Å²) in [4.78, 5) is 26.6. The SMILES string of the molecule is O=C(/C=C/c1ccc2c(c1)C(=O)CC1(CCN(CCc3ccccc3)CC1)O2)CO. The van der Waals surface area contributed by atoms with Crippen LogP contribution in [0.2, 0.25) is 0 Å². The maximum Gasteiger partial charge on any atom is 0.181 e. The predicted molar refractivity (Wildman–Crippen MR) is 116 cm³/mol. The molecule has 2 aliphatic heterocycles. The molecule has 2 aromatic carbocycles. The van der Waals surface area contributed by atoms with E-state index in [1.807, 2.05) is 18.2 Å². The first kappa shape index (κ1) is 20.5. The first-order valence-electron chi connectivity index (χ1n) is 10.5. The number of ether oxygens (including phenoxy) is 1. The van der Waals surface area contributed by atoms with Crippen LogP contribution in [0.25, 0.3) is 6.08 Å². The summed E-state index contributed by atoms with van der Waals surface area (Å²) >= 11 is 0. The molecule has 0 aliphatic carbocycles. The van der Waals surface area contributed by atoms with Crippen molar-refractivity contribution in [3.8, 4) is 5.75 Å². The van der Waals surface area contributed by atoms with Crippen molar-refractivity contribution in [3.63, 3.8) is 0 Å². The molecule has 0 atom stereocenters. The van der Waals surface area contributed by atoms with Crippen molar-refractivity contribution < 1.29 is 19.4 Å². The lowest BCUT2D eigenvalue weighted by molar-refractivity contribution is -0.117. The van der Waals surface area contributed by atoms with E-state index in [0.717, 1.165) is 44.5 Å². The number of rotatable bonds is 6. The lowest BCUT2D eigenvalue weighted by Gasteiger charge is -2.44. The average Bonchev–Trinajstić information content (AvgIpc) is 2.78. The van der Waals surface area contributed by atoms with Crippen LogP contribution in [0.4, 0.5) is 0 Å². The van der Waals surface area contributed by atoms with Gasteiger partial charge in [-0.25, -0.2) is 0 Å². The van der Waals surface area contributed by atoms with Gasteiger partial charge in [0.2, 0.25) is 0 Å². The molecule has 1 N–H and O–H groups in total. The Balaban J connectivity index is 1.38. The van der Waals surface area contributed by atoms with Crippen molar-refractivity contribution in [2.45, 2.75) is 31.3 Å². The fraction of sp³-hybridized carbons (Fsp3) is 0.360. The number of fused-ring (bicyclic) bond motifs is 1. The van der Waals surface area contributed by atoms with Gasteiger partial charge in [-0.2, -0.15) is 0 Å². The Kier molecular flexibility index (Phi) is 6.11. The molecular formula is C25H27NO4. The van der Waals surface area contributed by atoms with Crippen LogP contribution in [0, 0.1) is 0 Å². The third kappa shape index (κ3) is 4.69. The number of carbonyl (C=O) groups excluding carboxylic acids is 2. The van der Waals surface area contributed by atoms with Crippen LogP contribution in [-0.2, 0) is 11.2 Å². The molecule has 2 heterocycles.